The molecule has 84 valence electrons. The summed E-state index contributed by atoms with van der Waals surface area (Å²) >= 11 is 0. The standard InChI is InChI=1S/C11H12F2.C2H6/c1-3-8(2)6-9-7-10(12)4-5-11(9)13;1-2/h4-5,7H,2-3,6H2,1H3;1-2H3. The summed E-state index contributed by atoms with van der Waals surface area (Å²) in [6.07, 6.45) is 1.20. The summed E-state index contributed by atoms with van der Waals surface area (Å²) in [6.45, 7) is 9.69. The highest BCUT2D eigenvalue weighted by atomic mass is 19.1. The molecule has 0 N–H and O–H groups in total. The first-order valence-electron chi connectivity index (χ1n) is 5.24. The predicted octanol–water partition coefficient (Wildman–Crippen LogP) is 4.50. The molecule has 0 radical (unpaired) electrons. The van der Waals surface area contributed by atoms with E-state index in [0.717, 1.165) is 24.1 Å². The zero-order valence-electron chi connectivity index (χ0n) is 9.61. The van der Waals surface area contributed by atoms with Crippen LogP contribution in [0, 0.1) is 11.6 Å². The van der Waals surface area contributed by atoms with Crippen LogP contribution in [-0.4, -0.2) is 0 Å². The van der Waals surface area contributed by atoms with Crippen LogP contribution in [0.2, 0.25) is 0 Å². The van der Waals surface area contributed by atoms with E-state index in [9.17, 15) is 8.78 Å². The average molecular weight is 212 g/mol. The molecule has 1 aromatic rings. The minimum absolute atomic E-state index is 0.365. The Labute approximate surface area is 90.6 Å². The fourth-order valence-electron chi connectivity index (χ4n) is 1.07. The van der Waals surface area contributed by atoms with Gasteiger partial charge in [0.2, 0.25) is 0 Å². The summed E-state index contributed by atoms with van der Waals surface area (Å²) in [4.78, 5) is 0. The van der Waals surface area contributed by atoms with Gasteiger partial charge in [-0.25, -0.2) is 8.78 Å². The molecule has 0 aliphatic heterocycles. The van der Waals surface area contributed by atoms with Crippen molar-refractivity contribution in [3.8, 4) is 0 Å². The molecule has 0 saturated carbocycles. The lowest BCUT2D eigenvalue weighted by Gasteiger charge is -2.04. The summed E-state index contributed by atoms with van der Waals surface area (Å²) in [6, 6.07) is 3.48. The first kappa shape index (κ1) is 13.8. The molecule has 15 heavy (non-hydrogen) atoms. The molecule has 0 bridgehead atoms. The maximum atomic E-state index is 13.1. The third kappa shape index (κ3) is 4.73. The van der Waals surface area contributed by atoms with Crippen LogP contribution in [0.1, 0.15) is 32.8 Å². The first-order valence-corrected chi connectivity index (χ1v) is 5.24. The molecule has 0 spiro atoms. The quantitative estimate of drug-likeness (QED) is 0.647. The van der Waals surface area contributed by atoms with Crippen LogP contribution in [0.4, 0.5) is 8.78 Å². The predicted molar refractivity (Wildman–Crippen MR) is 60.8 cm³/mol. The van der Waals surface area contributed by atoms with Crippen molar-refractivity contribution in [2.45, 2.75) is 33.6 Å². The Hall–Kier alpha value is -1.18. The van der Waals surface area contributed by atoms with Crippen LogP contribution in [0.5, 0.6) is 0 Å². The van der Waals surface area contributed by atoms with Crippen molar-refractivity contribution in [3.63, 3.8) is 0 Å². The molecule has 0 heterocycles. The van der Waals surface area contributed by atoms with Gasteiger partial charge in [-0.15, -0.1) is 0 Å². The molecular weight excluding hydrogens is 194 g/mol. The van der Waals surface area contributed by atoms with Gasteiger partial charge in [-0.05, 0) is 36.6 Å². The second kappa shape index (κ2) is 7.16. The molecule has 1 rings (SSSR count). The van der Waals surface area contributed by atoms with E-state index < -0.39 is 5.82 Å². The summed E-state index contributed by atoms with van der Waals surface area (Å²) in [7, 11) is 0. The zero-order chi connectivity index (χ0) is 11.8. The smallest absolute Gasteiger partial charge is 0.126 e. The van der Waals surface area contributed by atoms with Crippen LogP contribution >= 0.6 is 0 Å². The Kier molecular flexibility index (Phi) is 6.59. The maximum absolute atomic E-state index is 13.1. The third-order valence-corrected chi connectivity index (χ3v) is 1.95. The normalized spacial score (nSPS) is 9.13. The van der Waals surface area contributed by atoms with Crippen LogP contribution in [-0.2, 0) is 6.42 Å². The van der Waals surface area contributed by atoms with E-state index >= 15 is 0 Å². The Balaban J connectivity index is 0.000000921. The van der Waals surface area contributed by atoms with Crippen molar-refractivity contribution in [2.75, 3.05) is 0 Å². The van der Waals surface area contributed by atoms with E-state index in [1.54, 1.807) is 0 Å². The fourth-order valence-corrected chi connectivity index (χ4v) is 1.07. The van der Waals surface area contributed by atoms with Crippen molar-refractivity contribution in [3.05, 3.63) is 47.5 Å². The van der Waals surface area contributed by atoms with Gasteiger partial charge in [0.05, 0.1) is 0 Å². The average Bonchev–Trinajstić information content (AvgIpc) is 2.26. The molecular formula is C13H18F2. The minimum atomic E-state index is -0.402. The van der Waals surface area contributed by atoms with Gasteiger partial charge in [0, 0.05) is 0 Å². The van der Waals surface area contributed by atoms with Gasteiger partial charge >= 0.3 is 0 Å². The summed E-state index contributed by atoms with van der Waals surface area (Å²) in [5.74, 6) is -0.767. The molecule has 0 unspecified atom stereocenters. The number of benzene rings is 1. The fraction of sp³-hybridized carbons (Fsp3) is 0.385. The van der Waals surface area contributed by atoms with Crippen molar-refractivity contribution in [1.29, 1.82) is 0 Å². The van der Waals surface area contributed by atoms with Crippen LogP contribution in [0.3, 0.4) is 0 Å². The first-order chi connectivity index (χ1) is 7.13. The highest BCUT2D eigenvalue weighted by molar-refractivity contribution is 5.23. The molecule has 0 aliphatic carbocycles. The number of rotatable bonds is 3. The molecule has 0 aliphatic rings. The lowest BCUT2D eigenvalue weighted by Crippen LogP contribution is -1.93. The minimum Gasteiger partial charge on any atom is -0.207 e. The molecule has 2 heteroatoms. The Morgan fingerprint density at radius 1 is 1.27 bits per heavy atom. The largest absolute Gasteiger partial charge is 0.207 e. The number of halogens is 2. The Bertz CT molecular complexity index is 316. The lowest BCUT2D eigenvalue weighted by molar-refractivity contribution is 0.587. The van der Waals surface area contributed by atoms with Gasteiger partial charge in [-0.2, -0.15) is 0 Å². The van der Waals surface area contributed by atoms with Crippen molar-refractivity contribution >= 4 is 0 Å². The molecule has 0 atom stereocenters. The zero-order valence-corrected chi connectivity index (χ0v) is 9.61. The van der Waals surface area contributed by atoms with Gasteiger partial charge < -0.3 is 0 Å². The Morgan fingerprint density at radius 3 is 2.40 bits per heavy atom. The van der Waals surface area contributed by atoms with Gasteiger partial charge in [-0.3, -0.25) is 0 Å². The number of hydrogen-bond acceptors (Lipinski definition) is 0. The van der Waals surface area contributed by atoms with Gasteiger partial charge in [0.25, 0.3) is 0 Å². The SMILES string of the molecule is C=C(CC)Cc1cc(F)ccc1F.CC. The van der Waals surface area contributed by atoms with Crippen LogP contribution in [0.15, 0.2) is 30.4 Å². The van der Waals surface area contributed by atoms with Gasteiger partial charge in [-0.1, -0.05) is 32.9 Å². The highest BCUT2D eigenvalue weighted by Crippen LogP contribution is 2.14. The number of hydrogen-bond donors (Lipinski definition) is 0. The Morgan fingerprint density at radius 2 is 1.87 bits per heavy atom. The van der Waals surface area contributed by atoms with Crippen molar-refractivity contribution in [2.24, 2.45) is 0 Å². The molecule has 0 fully saturated rings. The molecule has 0 nitrogen and oxygen atoms in total. The third-order valence-electron chi connectivity index (χ3n) is 1.95. The van der Waals surface area contributed by atoms with E-state index in [4.69, 9.17) is 0 Å². The topological polar surface area (TPSA) is 0 Å². The van der Waals surface area contributed by atoms with E-state index in [2.05, 4.69) is 6.58 Å². The summed E-state index contributed by atoms with van der Waals surface area (Å²) < 4.78 is 25.8. The molecule has 0 amide bonds. The molecule has 0 aromatic heterocycles. The van der Waals surface area contributed by atoms with Crippen LogP contribution in [0.25, 0.3) is 0 Å². The van der Waals surface area contributed by atoms with Crippen molar-refractivity contribution in [1.82, 2.24) is 0 Å². The van der Waals surface area contributed by atoms with E-state index in [0.29, 0.717) is 12.0 Å². The van der Waals surface area contributed by atoms with E-state index in [1.807, 2.05) is 20.8 Å². The second-order valence-corrected chi connectivity index (χ2v) is 3.02. The maximum Gasteiger partial charge on any atom is 0.126 e. The van der Waals surface area contributed by atoms with Crippen LogP contribution < -0.4 is 0 Å². The monoisotopic (exact) mass is 212 g/mol. The molecule has 0 saturated heterocycles. The highest BCUT2D eigenvalue weighted by Gasteiger charge is 2.04. The van der Waals surface area contributed by atoms with Crippen molar-refractivity contribution < 1.29 is 8.78 Å². The van der Waals surface area contributed by atoms with E-state index in [1.165, 1.54) is 6.07 Å². The number of allylic oxidation sites excluding steroid dienone is 1. The summed E-state index contributed by atoms with van der Waals surface area (Å²) in [5.41, 5.74) is 1.29. The lowest BCUT2D eigenvalue weighted by atomic mass is 10.0. The van der Waals surface area contributed by atoms with Gasteiger partial charge in [0.15, 0.2) is 0 Å². The van der Waals surface area contributed by atoms with Gasteiger partial charge in [0.1, 0.15) is 11.6 Å². The van der Waals surface area contributed by atoms with E-state index in [-0.39, 0.29) is 5.82 Å². The summed E-state index contributed by atoms with van der Waals surface area (Å²) in [5, 5.41) is 0. The second-order valence-electron chi connectivity index (χ2n) is 3.02. The molecule has 1 aromatic carbocycles.